The number of hydrogen-bond acceptors (Lipinski definition) is 3. The largest absolute Gasteiger partial charge is 0.387 e. The molecule has 1 saturated heterocycles. The molecule has 2 fully saturated rings. The molecular weight excluding hydrogens is 304 g/mol. The van der Waals surface area contributed by atoms with Crippen LogP contribution in [0.5, 0.6) is 0 Å². The maximum atomic E-state index is 10.3. The molecule has 0 bridgehead atoms. The zero-order chi connectivity index (χ0) is 13.2. The lowest BCUT2D eigenvalue weighted by molar-refractivity contribution is 0.0700. The summed E-state index contributed by atoms with van der Waals surface area (Å²) in [6.45, 7) is 5.25. The van der Waals surface area contributed by atoms with Gasteiger partial charge in [-0.25, -0.2) is 0 Å². The fourth-order valence-electron chi connectivity index (χ4n) is 2.79. The highest BCUT2D eigenvalue weighted by molar-refractivity contribution is 9.10. The molecule has 2 aliphatic rings. The SMILES string of the molecule is OC(CN1CCN(C2CC2)CC1)c1ccc(Br)cc1. The molecule has 0 amide bonds. The zero-order valence-electron chi connectivity index (χ0n) is 11.1. The highest BCUT2D eigenvalue weighted by atomic mass is 79.9. The summed E-state index contributed by atoms with van der Waals surface area (Å²) in [5.41, 5.74) is 1.01. The molecule has 3 nitrogen and oxygen atoms in total. The van der Waals surface area contributed by atoms with Crippen molar-refractivity contribution < 1.29 is 5.11 Å². The van der Waals surface area contributed by atoms with Gasteiger partial charge in [0, 0.05) is 43.2 Å². The van der Waals surface area contributed by atoms with Gasteiger partial charge >= 0.3 is 0 Å². The van der Waals surface area contributed by atoms with E-state index < -0.39 is 0 Å². The Bertz CT molecular complexity index is 411. The summed E-state index contributed by atoms with van der Waals surface area (Å²) in [4.78, 5) is 4.98. The van der Waals surface area contributed by atoms with Crippen LogP contribution >= 0.6 is 15.9 Å². The minimum absolute atomic E-state index is 0.374. The van der Waals surface area contributed by atoms with Crippen LogP contribution in [0.1, 0.15) is 24.5 Å². The lowest BCUT2D eigenvalue weighted by Gasteiger charge is -2.35. The normalized spacial score (nSPS) is 23.5. The average Bonchev–Trinajstić information content (AvgIpc) is 3.25. The predicted molar refractivity (Wildman–Crippen MR) is 80.1 cm³/mol. The second kappa shape index (κ2) is 5.92. The first-order chi connectivity index (χ1) is 9.22. The van der Waals surface area contributed by atoms with Gasteiger partial charge in [0.05, 0.1) is 6.10 Å². The molecule has 1 atom stereocenters. The van der Waals surface area contributed by atoms with E-state index in [-0.39, 0.29) is 6.10 Å². The summed E-state index contributed by atoms with van der Waals surface area (Å²) in [6.07, 6.45) is 2.41. The molecule has 1 N–H and O–H groups in total. The van der Waals surface area contributed by atoms with E-state index in [1.54, 1.807) is 0 Å². The van der Waals surface area contributed by atoms with Crippen molar-refractivity contribution in [1.82, 2.24) is 9.80 Å². The quantitative estimate of drug-likeness (QED) is 0.920. The number of aliphatic hydroxyl groups excluding tert-OH is 1. The third kappa shape index (κ3) is 3.57. The van der Waals surface area contributed by atoms with E-state index in [1.165, 1.54) is 12.8 Å². The van der Waals surface area contributed by atoms with Gasteiger partial charge in [0.15, 0.2) is 0 Å². The molecule has 1 saturated carbocycles. The lowest BCUT2D eigenvalue weighted by Crippen LogP contribution is -2.48. The molecule has 3 rings (SSSR count). The molecule has 19 heavy (non-hydrogen) atoms. The molecule has 4 heteroatoms. The summed E-state index contributed by atoms with van der Waals surface area (Å²) in [6, 6.07) is 8.84. The van der Waals surface area contributed by atoms with Gasteiger partial charge in [0.2, 0.25) is 0 Å². The Balaban J connectivity index is 1.49. The van der Waals surface area contributed by atoms with E-state index in [0.717, 1.165) is 48.8 Å². The van der Waals surface area contributed by atoms with Gasteiger partial charge < -0.3 is 5.11 Å². The second-order valence-corrected chi connectivity index (χ2v) is 6.55. The summed E-state index contributed by atoms with van der Waals surface area (Å²) >= 11 is 3.42. The van der Waals surface area contributed by atoms with Gasteiger partial charge in [-0.15, -0.1) is 0 Å². The topological polar surface area (TPSA) is 26.7 Å². The Morgan fingerprint density at radius 1 is 1.11 bits per heavy atom. The molecule has 1 unspecified atom stereocenters. The Hall–Kier alpha value is -0.420. The molecule has 104 valence electrons. The number of rotatable bonds is 4. The second-order valence-electron chi connectivity index (χ2n) is 5.64. The van der Waals surface area contributed by atoms with E-state index >= 15 is 0 Å². The van der Waals surface area contributed by atoms with Crippen molar-refractivity contribution in [3.8, 4) is 0 Å². The van der Waals surface area contributed by atoms with Gasteiger partial charge in [-0.2, -0.15) is 0 Å². The van der Waals surface area contributed by atoms with E-state index in [2.05, 4.69) is 25.7 Å². The van der Waals surface area contributed by atoms with Crippen molar-refractivity contribution in [3.63, 3.8) is 0 Å². The fraction of sp³-hybridized carbons (Fsp3) is 0.600. The fourth-order valence-corrected chi connectivity index (χ4v) is 3.05. The number of nitrogens with zero attached hydrogens (tertiary/aromatic N) is 2. The molecule has 1 aliphatic heterocycles. The van der Waals surface area contributed by atoms with Crippen molar-refractivity contribution in [2.45, 2.75) is 25.0 Å². The van der Waals surface area contributed by atoms with Gasteiger partial charge in [0.1, 0.15) is 0 Å². The molecule has 0 aromatic heterocycles. The van der Waals surface area contributed by atoms with Gasteiger partial charge in [-0.1, -0.05) is 28.1 Å². The van der Waals surface area contributed by atoms with Crippen LogP contribution in [-0.4, -0.2) is 53.7 Å². The summed E-state index contributed by atoms with van der Waals surface area (Å²) in [5, 5.41) is 10.3. The molecule has 1 aromatic carbocycles. The number of hydrogen-bond donors (Lipinski definition) is 1. The van der Waals surface area contributed by atoms with E-state index in [9.17, 15) is 5.11 Å². The van der Waals surface area contributed by atoms with Crippen LogP contribution in [0.25, 0.3) is 0 Å². The minimum Gasteiger partial charge on any atom is -0.387 e. The Morgan fingerprint density at radius 2 is 1.74 bits per heavy atom. The van der Waals surface area contributed by atoms with Crippen molar-refractivity contribution in [2.75, 3.05) is 32.7 Å². The van der Waals surface area contributed by atoms with E-state index in [0.29, 0.717) is 0 Å². The van der Waals surface area contributed by atoms with Crippen LogP contribution in [0.4, 0.5) is 0 Å². The number of piperazine rings is 1. The van der Waals surface area contributed by atoms with Crippen LogP contribution in [0.3, 0.4) is 0 Å². The molecule has 1 aromatic rings. The highest BCUT2D eigenvalue weighted by Crippen LogP contribution is 2.27. The maximum absolute atomic E-state index is 10.3. The molecule has 1 heterocycles. The number of halogens is 1. The van der Waals surface area contributed by atoms with E-state index in [1.807, 2.05) is 24.3 Å². The third-order valence-electron chi connectivity index (χ3n) is 4.16. The Morgan fingerprint density at radius 3 is 2.32 bits per heavy atom. The van der Waals surface area contributed by atoms with Gasteiger partial charge in [0.25, 0.3) is 0 Å². The smallest absolute Gasteiger partial charge is 0.0916 e. The van der Waals surface area contributed by atoms with Crippen molar-refractivity contribution in [3.05, 3.63) is 34.3 Å². The summed E-state index contributed by atoms with van der Waals surface area (Å²) in [7, 11) is 0. The van der Waals surface area contributed by atoms with Gasteiger partial charge in [-0.3, -0.25) is 9.80 Å². The highest BCUT2D eigenvalue weighted by Gasteiger charge is 2.31. The molecule has 1 aliphatic carbocycles. The maximum Gasteiger partial charge on any atom is 0.0916 e. The number of aliphatic hydroxyl groups is 1. The zero-order valence-corrected chi connectivity index (χ0v) is 12.7. The van der Waals surface area contributed by atoms with E-state index in [4.69, 9.17) is 0 Å². The first-order valence-corrected chi connectivity index (χ1v) is 7.91. The minimum atomic E-state index is -0.374. The monoisotopic (exact) mass is 324 g/mol. The first kappa shape index (κ1) is 13.6. The van der Waals surface area contributed by atoms with Crippen molar-refractivity contribution >= 4 is 15.9 Å². The van der Waals surface area contributed by atoms with Crippen LogP contribution in [0.15, 0.2) is 28.7 Å². The molecular formula is C15H21BrN2O. The molecule has 0 spiro atoms. The van der Waals surface area contributed by atoms with Crippen LogP contribution in [-0.2, 0) is 0 Å². The number of β-amino-alcohol motifs (C(OH)–C–C–N with tert-alkyl or cyclic N) is 1. The number of benzene rings is 1. The summed E-state index contributed by atoms with van der Waals surface area (Å²) < 4.78 is 1.06. The van der Waals surface area contributed by atoms with Crippen molar-refractivity contribution in [2.24, 2.45) is 0 Å². The van der Waals surface area contributed by atoms with Crippen LogP contribution in [0, 0.1) is 0 Å². The third-order valence-corrected chi connectivity index (χ3v) is 4.68. The van der Waals surface area contributed by atoms with Crippen LogP contribution in [0.2, 0.25) is 0 Å². The predicted octanol–water partition coefficient (Wildman–Crippen LogP) is 2.26. The molecule has 0 radical (unpaired) electrons. The van der Waals surface area contributed by atoms with Gasteiger partial charge in [-0.05, 0) is 30.5 Å². The standard InChI is InChI=1S/C15H21BrN2O/c16-13-3-1-12(2-4-13)15(19)11-17-7-9-18(10-8-17)14-5-6-14/h1-4,14-15,19H,5-11H2. The Kier molecular flexibility index (Phi) is 4.22. The Labute approximate surface area is 123 Å². The van der Waals surface area contributed by atoms with Crippen molar-refractivity contribution in [1.29, 1.82) is 0 Å². The average molecular weight is 325 g/mol. The lowest BCUT2D eigenvalue weighted by atomic mass is 10.1. The van der Waals surface area contributed by atoms with Crippen LogP contribution < -0.4 is 0 Å². The first-order valence-electron chi connectivity index (χ1n) is 7.12. The summed E-state index contributed by atoms with van der Waals surface area (Å²) in [5.74, 6) is 0.